The Morgan fingerprint density at radius 1 is 1.88 bits per heavy atom. The molecule has 1 fully saturated rings. The summed E-state index contributed by atoms with van der Waals surface area (Å²) in [6, 6.07) is 0. The molecule has 1 aliphatic heterocycles. The van der Waals surface area contributed by atoms with Crippen LogP contribution in [0.15, 0.2) is 0 Å². The zero-order chi connectivity index (χ0) is 5.98. The second kappa shape index (κ2) is 2.08. The Morgan fingerprint density at radius 2 is 2.62 bits per heavy atom. The molecule has 1 saturated heterocycles. The van der Waals surface area contributed by atoms with Crippen molar-refractivity contribution in [2.24, 2.45) is 0 Å². The molecule has 0 aromatic heterocycles. The molecule has 3 N–H and O–H groups in total. The van der Waals surface area contributed by atoms with E-state index in [1.165, 1.54) is 0 Å². The lowest BCUT2D eigenvalue weighted by molar-refractivity contribution is -0.121. The molecule has 0 aromatic carbocycles. The zero-order valence-corrected chi connectivity index (χ0v) is 4.14. The number of carbonyl (C=O) groups is 1. The smallest absolute Gasteiger partial charge is 0.256 e. The third kappa shape index (κ3) is 0.786. The fourth-order valence-corrected chi connectivity index (χ4v) is 0.528. The Bertz CT molecular complexity index is 103. The molecule has 0 bridgehead atoms. The van der Waals surface area contributed by atoms with E-state index in [4.69, 9.17) is 5.84 Å². The van der Waals surface area contributed by atoms with Crippen LogP contribution in [0.5, 0.6) is 0 Å². The second-order valence-corrected chi connectivity index (χ2v) is 1.45. The highest BCUT2D eigenvalue weighted by Gasteiger charge is 2.22. The Labute approximate surface area is 46.6 Å². The summed E-state index contributed by atoms with van der Waals surface area (Å²) in [5.41, 5.74) is 3.00. The first kappa shape index (κ1) is 5.49. The van der Waals surface area contributed by atoms with E-state index in [1.54, 1.807) is 0 Å². The highest BCUT2D eigenvalue weighted by Crippen LogP contribution is 1.82. The van der Waals surface area contributed by atoms with Crippen LogP contribution in [0.4, 0.5) is 0 Å². The number of amides is 1. The molecule has 1 amide bonds. The average molecular weight is 114 g/mol. The predicted molar refractivity (Wildman–Crippen MR) is 25.2 cm³/mol. The molecule has 1 atom stereocenters. The standard InChI is InChI=1S/C3H6N4O/c4-7-2-3(8)6-1-5-2/h2,4-5H,1H2,(H,6,8). The summed E-state index contributed by atoms with van der Waals surface area (Å²) in [6.45, 7) is 0.422. The molecule has 2 radical (unpaired) electrons. The highest BCUT2D eigenvalue weighted by atomic mass is 16.2. The minimum atomic E-state index is -0.644. The van der Waals surface area contributed by atoms with Crippen molar-refractivity contribution in [3.05, 3.63) is 0 Å². The van der Waals surface area contributed by atoms with Gasteiger partial charge in [0, 0.05) is 0 Å². The Morgan fingerprint density at radius 3 is 2.88 bits per heavy atom. The largest absolute Gasteiger partial charge is 0.341 e. The summed E-state index contributed by atoms with van der Waals surface area (Å²) in [5.74, 6) is 6.21. The van der Waals surface area contributed by atoms with Crippen LogP contribution in [0, 0.1) is 0 Å². The maximum absolute atomic E-state index is 10.4. The van der Waals surface area contributed by atoms with Crippen LogP contribution in [0.25, 0.3) is 0 Å². The molecule has 5 nitrogen and oxygen atoms in total. The summed E-state index contributed by atoms with van der Waals surface area (Å²) >= 11 is 0. The van der Waals surface area contributed by atoms with Crippen LogP contribution in [-0.4, -0.2) is 18.7 Å². The minimum Gasteiger partial charge on any atom is -0.341 e. The van der Waals surface area contributed by atoms with Gasteiger partial charge in [0.25, 0.3) is 5.91 Å². The Kier molecular flexibility index (Phi) is 1.43. The summed E-state index contributed by atoms with van der Waals surface area (Å²) in [6.07, 6.45) is -0.644. The van der Waals surface area contributed by atoms with Gasteiger partial charge >= 0.3 is 0 Å². The quantitative estimate of drug-likeness (QED) is 0.379. The molecular weight excluding hydrogens is 108 g/mol. The van der Waals surface area contributed by atoms with Gasteiger partial charge < -0.3 is 5.32 Å². The second-order valence-electron chi connectivity index (χ2n) is 1.45. The monoisotopic (exact) mass is 114 g/mol. The summed E-state index contributed by atoms with van der Waals surface area (Å²) in [4.78, 5) is 10.4. The number of nitrogens with one attached hydrogen (secondary N) is 3. The highest BCUT2D eigenvalue weighted by molar-refractivity contribution is 5.82. The van der Waals surface area contributed by atoms with E-state index in [9.17, 15) is 4.79 Å². The van der Waals surface area contributed by atoms with Crippen molar-refractivity contribution in [2.45, 2.75) is 6.17 Å². The van der Waals surface area contributed by atoms with Crippen LogP contribution in [-0.2, 0) is 4.79 Å². The maximum Gasteiger partial charge on any atom is 0.256 e. The molecular formula is C3H6N4O. The van der Waals surface area contributed by atoms with Gasteiger partial charge in [-0.3, -0.25) is 10.1 Å². The fraction of sp³-hybridized carbons (Fsp3) is 0.667. The SMILES string of the molecule is [NH][N]C1NCNC1=O. The molecule has 0 spiro atoms. The summed E-state index contributed by atoms with van der Waals surface area (Å²) in [7, 11) is 0. The molecule has 1 unspecified atom stereocenters. The molecule has 44 valence electrons. The molecule has 1 rings (SSSR count). The van der Waals surface area contributed by atoms with Gasteiger partial charge in [-0.1, -0.05) is 0 Å². The summed E-state index contributed by atoms with van der Waals surface area (Å²) in [5, 5.41) is 5.10. The number of carbonyl (C=O) groups excluding carboxylic acids is 1. The van der Waals surface area contributed by atoms with Crippen molar-refractivity contribution in [2.75, 3.05) is 6.67 Å². The van der Waals surface area contributed by atoms with E-state index in [-0.39, 0.29) is 5.91 Å². The summed E-state index contributed by atoms with van der Waals surface area (Å²) < 4.78 is 0. The van der Waals surface area contributed by atoms with E-state index in [1.807, 2.05) is 0 Å². The number of hydrogen-bond donors (Lipinski definition) is 2. The molecule has 0 aliphatic carbocycles. The number of rotatable bonds is 1. The van der Waals surface area contributed by atoms with Gasteiger partial charge in [0.1, 0.15) is 0 Å². The lowest BCUT2D eigenvalue weighted by Crippen LogP contribution is -2.36. The van der Waals surface area contributed by atoms with E-state index in [0.717, 1.165) is 0 Å². The van der Waals surface area contributed by atoms with Crippen LogP contribution in [0.1, 0.15) is 0 Å². The molecule has 0 aromatic rings. The lowest BCUT2D eigenvalue weighted by atomic mass is 10.5. The topological polar surface area (TPSA) is 79.0 Å². The number of hydrogen-bond acceptors (Lipinski definition) is 2. The first-order valence-corrected chi connectivity index (χ1v) is 2.22. The van der Waals surface area contributed by atoms with E-state index >= 15 is 0 Å². The maximum atomic E-state index is 10.4. The molecule has 1 aliphatic rings. The van der Waals surface area contributed by atoms with Crippen LogP contribution < -0.4 is 21.9 Å². The van der Waals surface area contributed by atoms with Gasteiger partial charge in [-0.05, 0) is 0 Å². The van der Waals surface area contributed by atoms with Gasteiger partial charge in [0.05, 0.1) is 6.67 Å². The van der Waals surface area contributed by atoms with Gasteiger partial charge in [0.15, 0.2) is 6.17 Å². The minimum absolute atomic E-state index is 0.222. The molecule has 8 heavy (non-hydrogen) atoms. The van der Waals surface area contributed by atoms with Crippen molar-refractivity contribution in [3.8, 4) is 0 Å². The van der Waals surface area contributed by atoms with E-state index < -0.39 is 6.17 Å². The van der Waals surface area contributed by atoms with Crippen LogP contribution >= 0.6 is 0 Å². The fourth-order valence-electron chi connectivity index (χ4n) is 0.528. The first-order valence-electron chi connectivity index (χ1n) is 2.22. The van der Waals surface area contributed by atoms with Crippen molar-refractivity contribution < 1.29 is 4.79 Å². The first-order chi connectivity index (χ1) is 3.84. The van der Waals surface area contributed by atoms with E-state index in [0.29, 0.717) is 6.67 Å². The van der Waals surface area contributed by atoms with Crippen LogP contribution in [0.2, 0.25) is 0 Å². The van der Waals surface area contributed by atoms with Gasteiger partial charge in [-0.15, -0.1) is 5.43 Å². The Balaban J connectivity index is 2.42. The lowest BCUT2D eigenvalue weighted by Gasteiger charge is -1.97. The van der Waals surface area contributed by atoms with Gasteiger partial charge in [-0.2, -0.15) is 5.84 Å². The molecule has 5 heteroatoms. The predicted octanol–water partition coefficient (Wildman–Crippen LogP) is -2.21. The average Bonchev–Trinajstić information content (AvgIpc) is 2.14. The van der Waals surface area contributed by atoms with Crippen molar-refractivity contribution in [1.29, 1.82) is 0 Å². The van der Waals surface area contributed by atoms with Gasteiger partial charge in [0.2, 0.25) is 0 Å². The third-order valence-electron chi connectivity index (χ3n) is 0.935. The van der Waals surface area contributed by atoms with Crippen molar-refractivity contribution in [1.82, 2.24) is 21.9 Å². The third-order valence-corrected chi connectivity index (χ3v) is 0.935. The van der Waals surface area contributed by atoms with Crippen molar-refractivity contribution in [3.63, 3.8) is 0 Å². The zero-order valence-electron chi connectivity index (χ0n) is 4.14. The van der Waals surface area contributed by atoms with Gasteiger partial charge in [-0.25, -0.2) is 0 Å². The Hall–Kier alpha value is -0.650. The van der Waals surface area contributed by atoms with E-state index in [2.05, 4.69) is 16.1 Å². The normalized spacial score (nSPS) is 28.1. The molecule has 0 saturated carbocycles. The molecule has 1 heterocycles. The van der Waals surface area contributed by atoms with Crippen molar-refractivity contribution >= 4 is 5.91 Å². The number of nitrogens with zero attached hydrogens (tertiary/aromatic N) is 1. The van der Waals surface area contributed by atoms with Crippen LogP contribution in [0.3, 0.4) is 0 Å².